The van der Waals surface area contributed by atoms with E-state index in [1.807, 2.05) is 0 Å². The Hall–Kier alpha value is -2.87. The average Bonchev–Trinajstić information content (AvgIpc) is 3.00. The van der Waals surface area contributed by atoms with Crippen LogP contribution in [0.25, 0.3) is 0 Å². The summed E-state index contributed by atoms with van der Waals surface area (Å²) in [5, 5.41) is 24.3. The highest BCUT2D eigenvalue weighted by molar-refractivity contribution is 6.31. The lowest BCUT2D eigenvalue weighted by Crippen LogP contribution is -2.34. The Kier molecular flexibility index (Phi) is 4.97. The number of halogens is 1. The van der Waals surface area contributed by atoms with E-state index < -0.39 is 29.3 Å². The number of hydrogen-bond donors (Lipinski definition) is 1. The van der Waals surface area contributed by atoms with Crippen molar-refractivity contribution in [2.45, 2.75) is 12.5 Å². The van der Waals surface area contributed by atoms with Crippen LogP contribution in [0.15, 0.2) is 41.0 Å². The highest BCUT2D eigenvalue weighted by Crippen LogP contribution is 2.29. The smallest absolute Gasteiger partial charge is 0.287 e. The molecule has 1 atom stereocenters. The maximum Gasteiger partial charge on any atom is 0.287 e. The van der Waals surface area contributed by atoms with Crippen molar-refractivity contribution in [3.8, 4) is 0 Å². The van der Waals surface area contributed by atoms with Gasteiger partial charge in [0.1, 0.15) is 0 Å². The molecule has 0 bridgehead atoms. The molecule has 0 saturated carbocycles. The lowest BCUT2D eigenvalue weighted by atomic mass is 10.0. The minimum Gasteiger partial charge on any atom is -0.550 e. The van der Waals surface area contributed by atoms with E-state index in [2.05, 4.69) is 5.32 Å². The van der Waals surface area contributed by atoms with Crippen molar-refractivity contribution in [3.63, 3.8) is 0 Å². The van der Waals surface area contributed by atoms with Crippen LogP contribution >= 0.6 is 11.6 Å². The first-order chi connectivity index (χ1) is 10.9. The molecule has 1 N–H and O–H groups in total. The summed E-state index contributed by atoms with van der Waals surface area (Å²) in [4.78, 5) is 33.1. The first-order valence-electron chi connectivity index (χ1n) is 6.36. The SMILES string of the molecule is O=C([O-])C[C@@H](NC(=O)c1ccco1)c1cc([N+](=O)[O-])ccc1Cl. The van der Waals surface area contributed by atoms with E-state index in [9.17, 15) is 24.8 Å². The Morgan fingerprint density at radius 2 is 2.09 bits per heavy atom. The first kappa shape index (κ1) is 16.5. The van der Waals surface area contributed by atoms with E-state index in [0.717, 1.165) is 6.07 Å². The second kappa shape index (κ2) is 6.93. The Bertz CT molecular complexity index is 744. The fraction of sp³-hybridized carbons (Fsp3) is 0.143. The van der Waals surface area contributed by atoms with E-state index in [0.29, 0.717) is 0 Å². The van der Waals surface area contributed by atoms with Gasteiger partial charge in [0, 0.05) is 35.1 Å². The van der Waals surface area contributed by atoms with Gasteiger partial charge in [0.05, 0.1) is 17.2 Å². The maximum atomic E-state index is 12.0. The van der Waals surface area contributed by atoms with Crippen molar-refractivity contribution in [1.29, 1.82) is 0 Å². The molecule has 0 radical (unpaired) electrons. The Balaban J connectivity index is 2.34. The molecule has 1 heterocycles. The van der Waals surface area contributed by atoms with Gasteiger partial charge in [-0.1, -0.05) is 11.6 Å². The summed E-state index contributed by atoms with van der Waals surface area (Å²) in [6.45, 7) is 0. The Morgan fingerprint density at radius 1 is 1.35 bits per heavy atom. The fourth-order valence-corrected chi connectivity index (χ4v) is 2.20. The predicted molar refractivity (Wildman–Crippen MR) is 76.6 cm³/mol. The van der Waals surface area contributed by atoms with Crippen LogP contribution < -0.4 is 10.4 Å². The highest BCUT2D eigenvalue weighted by Gasteiger charge is 2.22. The van der Waals surface area contributed by atoms with E-state index in [1.54, 1.807) is 0 Å². The highest BCUT2D eigenvalue weighted by atomic mass is 35.5. The molecule has 1 amide bonds. The molecule has 2 rings (SSSR count). The van der Waals surface area contributed by atoms with Crippen LogP contribution in [0.1, 0.15) is 28.6 Å². The predicted octanol–water partition coefficient (Wildman–Crippen LogP) is 1.45. The molecule has 2 aromatic rings. The molecule has 1 aromatic heterocycles. The van der Waals surface area contributed by atoms with Crippen LogP contribution in [0.4, 0.5) is 5.69 Å². The van der Waals surface area contributed by atoms with Crippen molar-refractivity contribution in [2.24, 2.45) is 0 Å². The molecule has 0 unspecified atom stereocenters. The number of rotatable bonds is 6. The number of carbonyl (C=O) groups is 2. The van der Waals surface area contributed by atoms with Gasteiger partial charge in [0.25, 0.3) is 11.6 Å². The third-order valence-corrected chi connectivity index (χ3v) is 3.33. The van der Waals surface area contributed by atoms with Gasteiger partial charge >= 0.3 is 0 Å². The average molecular weight is 338 g/mol. The molecule has 0 aliphatic rings. The standard InChI is InChI=1S/C14H11ClN2O6/c15-10-4-3-8(17(21)22)6-9(10)11(7-13(18)19)16-14(20)12-2-1-5-23-12/h1-6,11H,7H2,(H,16,20)(H,18,19)/p-1/t11-/m1/s1. The summed E-state index contributed by atoms with van der Waals surface area (Å²) >= 11 is 5.98. The van der Waals surface area contributed by atoms with Crippen LogP contribution in [-0.2, 0) is 4.79 Å². The maximum absolute atomic E-state index is 12.0. The van der Waals surface area contributed by atoms with Gasteiger partial charge in [-0.25, -0.2) is 0 Å². The van der Waals surface area contributed by atoms with Crippen LogP contribution in [0.3, 0.4) is 0 Å². The molecule has 120 valence electrons. The Labute approximate surface area is 134 Å². The van der Waals surface area contributed by atoms with Crippen molar-refractivity contribution < 1.29 is 24.0 Å². The molecule has 0 saturated heterocycles. The number of hydrogen-bond acceptors (Lipinski definition) is 6. The van der Waals surface area contributed by atoms with Crippen LogP contribution in [-0.4, -0.2) is 16.8 Å². The quantitative estimate of drug-likeness (QED) is 0.628. The lowest BCUT2D eigenvalue weighted by molar-refractivity contribution is -0.385. The number of carboxylic acids is 1. The normalized spacial score (nSPS) is 11.7. The number of nitro groups is 1. The van der Waals surface area contributed by atoms with Gasteiger partial charge in [-0.05, 0) is 18.2 Å². The number of benzene rings is 1. The number of amides is 1. The molecular formula is C14H10ClN2O6-. The zero-order valence-electron chi connectivity index (χ0n) is 11.5. The topological polar surface area (TPSA) is 126 Å². The number of aliphatic carboxylic acids is 1. The largest absolute Gasteiger partial charge is 0.550 e. The minimum absolute atomic E-state index is 0.0325. The molecule has 23 heavy (non-hydrogen) atoms. The third-order valence-electron chi connectivity index (χ3n) is 2.99. The van der Waals surface area contributed by atoms with Gasteiger partial charge in [-0.15, -0.1) is 0 Å². The number of non-ortho nitro benzene ring substituents is 1. The zero-order chi connectivity index (χ0) is 17.0. The fourth-order valence-electron chi connectivity index (χ4n) is 1.95. The summed E-state index contributed by atoms with van der Waals surface area (Å²) in [5.74, 6) is -2.16. The molecule has 0 aliphatic carbocycles. The summed E-state index contributed by atoms with van der Waals surface area (Å²) in [5.41, 5.74) is -0.176. The molecule has 9 heteroatoms. The van der Waals surface area contributed by atoms with Gasteiger partial charge in [-0.3, -0.25) is 14.9 Å². The lowest BCUT2D eigenvalue weighted by Gasteiger charge is -2.20. The van der Waals surface area contributed by atoms with Gasteiger partial charge in [-0.2, -0.15) is 0 Å². The van der Waals surface area contributed by atoms with Crippen molar-refractivity contribution >= 4 is 29.2 Å². The summed E-state index contributed by atoms with van der Waals surface area (Å²) in [7, 11) is 0. The van der Waals surface area contributed by atoms with Crippen molar-refractivity contribution in [1.82, 2.24) is 5.32 Å². The third kappa shape index (κ3) is 4.07. The molecule has 0 fully saturated rings. The number of carboxylic acid groups (broad SMARTS) is 1. The van der Waals surface area contributed by atoms with E-state index in [-0.39, 0.29) is 22.0 Å². The van der Waals surface area contributed by atoms with E-state index >= 15 is 0 Å². The second-order valence-corrected chi connectivity index (χ2v) is 4.95. The number of carbonyl (C=O) groups excluding carboxylic acids is 2. The number of nitrogens with one attached hydrogen (secondary N) is 1. The zero-order valence-corrected chi connectivity index (χ0v) is 12.3. The molecule has 0 spiro atoms. The van der Waals surface area contributed by atoms with Gasteiger partial charge in [0.15, 0.2) is 5.76 Å². The molecule has 1 aromatic carbocycles. The molecule has 0 aliphatic heterocycles. The summed E-state index contributed by atoms with van der Waals surface area (Å²) < 4.78 is 4.91. The van der Waals surface area contributed by atoms with Crippen LogP contribution in [0.2, 0.25) is 5.02 Å². The first-order valence-corrected chi connectivity index (χ1v) is 6.74. The number of nitrogens with zero attached hydrogens (tertiary/aromatic N) is 1. The minimum atomic E-state index is -1.45. The van der Waals surface area contributed by atoms with Crippen LogP contribution in [0.5, 0.6) is 0 Å². The summed E-state index contributed by atoms with van der Waals surface area (Å²) in [6.07, 6.45) is 0.677. The molecule has 8 nitrogen and oxygen atoms in total. The second-order valence-electron chi connectivity index (χ2n) is 4.54. The monoisotopic (exact) mass is 337 g/mol. The number of furan rings is 1. The molecular weight excluding hydrogens is 328 g/mol. The van der Waals surface area contributed by atoms with Crippen molar-refractivity contribution in [2.75, 3.05) is 0 Å². The Morgan fingerprint density at radius 3 is 2.65 bits per heavy atom. The van der Waals surface area contributed by atoms with Gasteiger partial charge in [0.2, 0.25) is 0 Å². The van der Waals surface area contributed by atoms with Gasteiger partial charge < -0.3 is 19.6 Å². The van der Waals surface area contributed by atoms with Crippen molar-refractivity contribution in [3.05, 3.63) is 63.1 Å². The van der Waals surface area contributed by atoms with Crippen LogP contribution in [0, 0.1) is 10.1 Å². The number of nitro benzene ring substituents is 1. The summed E-state index contributed by atoms with van der Waals surface area (Å²) in [6, 6.07) is 5.32. The van der Waals surface area contributed by atoms with E-state index in [4.69, 9.17) is 16.0 Å². The van der Waals surface area contributed by atoms with E-state index in [1.165, 1.54) is 30.5 Å².